The van der Waals surface area contributed by atoms with Crippen LogP contribution in [0.5, 0.6) is 0 Å². The van der Waals surface area contributed by atoms with Crippen LogP contribution in [0.4, 0.5) is 0 Å². The van der Waals surface area contributed by atoms with E-state index in [9.17, 15) is 5.11 Å². The molecule has 0 radical (unpaired) electrons. The summed E-state index contributed by atoms with van der Waals surface area (Å²) in [5.74, 6) is 0.626. The van der Waals surface area contributed by atoms with Crippen LogP contribution in [0.2, 0.25) is 0 Å². The van der Waals surface area contributed by atoms with E-state index < -0.39 is 11.7 Å². The molecule has 1 aromatic carbocycles. The molecule has 3 nitrogen and oxygen atoms in total. The van der Waals surface area contributed by atoms with Gasteiger partial charge < -0.3 is 14.3 Å². The second-order valence-corrected chi connectivity index (χ2v) is 5.80. The SMILES string of the molecule is CCOC1(C(O)c2cc3cc(C)ccc3o2)CCCC1. The Hall–Kier alpha value is -1.32. The number of rotatable bonds is 4. The third kappa shape index (κ3) is 2.25. The first-order valence-corrected chi connectivity index (χ1v) is 7.47. The minimum absolute atomic E-state index is 0.461. The summed E-state index contributed by atoms with van der Waals surface area (Å²) >= 11 is 0. The first-order valence-electron chi connectivity index (χ1n) is 7.47. The van der Waals surface area contributed by atoms with Crippen LogP contribution in [0.3, 0.4) is 0 Å². The largest absolute Gasteiger partial charge is 0.458 e. The Morgan fingerprint density at radius 1 is 1.30 bits per heavy atom. The molecule has 1 N–H and O–H groups in total. The van der Waals surface area contributed by atoms with Crippen molar-refractivity contribution in [1.82, 2.24) is 0 Å². The van der Waals surface area contributed by atoms with Crippen molar-refractivity contribution in [1.29, 1.82) is 0 Å². The summed E-state index contributed by atoms with van der Waals surface area (Å²) in [5.41, 5.74) is 1.56. The summed E-state index contributed by atoms with van der Waals surface area (Å²) in [6, 6.07) is 8.02. The van der Waals surface area contributed by atoms with E-state index in [2.05, 4.69) is 13.0 Å². The Kier molecular flexibility index (Phi) is 3.57. The van der Waals surface area contributed by atoms with Crippen molar-refractivity contribution in [2.45, 2.75) is 51.2 Å². The number of aryl methyl sites for hydroxylation is 1. The standard InChI is InChI=1S/C17H22O3/c1-3-19-17(8-4-5-9-17)16(18)15-11-13-10-12(2)6-7-14(13)20-15/h6-7,10-11,16,18H,3-5,8-9H2,1-2H3. The van der Waals surface area contributed by atoms with Crippen LogP contribution in [-0.2, 0) is 4.74 Å². The van der Waals surface area contributed by atoms with E-state index in [-0.39, 0.29) is 0 Å². The number of benzene rings is 1. The minimum atomic E-state index is -0.683. The van der Waals surface area contributed by atoms with Crippen LogP contribution in [0.25, 0.3) is 11.0 Å². The van der Waals surface area contributed by atoms with Crippen molar-refractivity contribution in [3.05, 3.63) is 35.6 Å². The molecule has 0 amide bonds. The summed E-state index contributed by atoms with van der Waals surface area (Å²) < 4.78 is 11.8. The van der Waals surface area contributed by atoms with Crippen molar-refractivity contribution in [2.75, 3.05) is 6.61 Å². The van der Waals surface area contributed by atoms with Gasteiger partial charge in [-0.1, -0.05) is 24.5 Å². The molecule has 1 aliphatic carbocycles. The third-order valence-corrected chi connectivity index (χ3v) is 4.34. The van der Waals surface area contributed by atoms with Gasteiger partial charge in [0.15, 0.2) is 0 Å². The highest BCUT2D eigenvalue weighted by atomic mass is 16.5. The lowest BCUT2D eigenvalue weighted by molar-refractivity contribution is -0.124. The van der Waals surface area contributed by atoms with Crippen molar-refractivity contribution in [2.24, 2.45) is 0 Å². The summed E-state index contributed by atoms with van der Waals surface area (Å²) in [6.07, 6.45) is 3.33. The fourth-order valence-electron chi connectivity index (χ4n) is 3.33. The summed E-state index contributed by atoms with van der Waals surface area (Å²) in [7, 11) is 0. The van der Waals surface area contributed by atoms with Gasteiger partial charge in [0.1, 0.15) is 23.0 Å². The van der Waals surface area contributed by atoms with Crippen molar-refractivity contribution in [3.63, 3.8) is 0 Å². The molecule has 0 saturated heterocycles. The number of furan rings is 1. The van der Waals surface area contributed by atoms with Crippen molar-refractivity contribution >= 4 is 11.0 Å². The highest BCUT2D eigenvalue weighted by Gasteiger charge is 2.43. The van der Waals surface area contributed by atoms with Gasteiger partial charge in [0.25, 0.3) is 0 Å². The maximum absolute atomic E-state index is 10.8. The van der Waals surface area contributed by atoms with Gasteiger partial charge in [-0.05, 0) is 44.9 Å². The molecule has 1 unspecified atom stereocenters. The zero-order valence-corrected chi connectivity index (χ0v) is 12.2. The van der Waals surface area contributed by atoms with Crippen LogP contribution >= 0.6 is 0 Å². The molecule has 0 spiro atoms. The highest BCUT2D eigenvalue weighted by Crippen LogP contribution is 2.44. The van der Waals surface area contributed by atoms with E-state index in [1.807, 2.05) is 25.1 Å². The first-order chi connectivity index (χ1) is 9.64. The van der Waals surface area contributed by atoms with E-state index in [1.165, 1.54) is 5.56 Å². The van der Waals surface area contributed by atoms with Gasteiger partial charge in [-0.15, -0.1) is 0 Å². The van der Waals surface area contributed by atoms with Crippen LogP contribution < -0.4 is 0 Å². The Balaban J connectivity index is 1.96. The Morgan fingerprint density at radius 2 is 2.05 bits per heavy atom. The van der Waals surface area contributed by atoms with E-state index in [0.717, 1.165) is 36.7 Å². The number of hydrogen-bond donors (Lipinski definition) is 1. The molecule has 0 bridgehead atoms. The third-order valence-electron chi connectivity index (χ3n) is 4.34. The number of aliphatic hydroxyl groups is 1. The maximum Gasteiger partial charge on any atom is 0.140 e. The molecule has 108 valence electrons. The molecule has 3 rings (SSSR count). The fourth-order valence-corrected chi connectivity index (χ4v) is 3.33. The first kappa shape index (κ1) is 13.7. The average molecular weight is 274 g/mol. The number of ether oxygens (including phenoxy) is 1. The normalized spacial score (nSPS) is 19.6. The quantitative estimate of drug-likeness (QED) is 0.911. The lowest BCUT2D eigenvalue weighted by atomic mass is 9.92. The molecule has 1 heterocycles. The molecular weight excluding hydrogens is 252 g/mol. The molecule has 1 aromatic heterocycles. The predicted octanol–water partition coefficient (Wildman–Crippen LogP) is 4.12. The Morgan fingerprint density at radius 3 is 2.75 bits per heavy atom. The van der Waals surface area contributed by atoms with Gasteiger partial charge in [-0.25, -0.2) is 0 Å². The Labute approximate surface area is 119 Å². The topological polar surface area (TPSA) is 42.6 Å². The van der Waals surface area contributed by atoms with Crippen LogP contribution in [0, 0.1) is 6.92 Å². The summed E-state index contributed by atoms with van der Waals surface area (Å²) in [4.78, 5) is 0. The zero-order chi connectivity index (χ0) is 14.2. The second-order valence-electron chi connectivity index (χ2n) is 5.80. The van der Waals surface area contributed by atoms with Crippen molar-refractivity contribution in [3.8, 4) is 0 Å². The second kappa shape index (κ2) is 5.23. The maximum atomic E-state index is 10.8. The van der Waals surface area contributed by atoms with Gasteiger partial charge >= 0.3 is 0 Å². The van der Waals surface area contributed by atoms with E-state index >= 15 is 0 Å². The molecule has 0 aliphatic heterocycles. The van der Waals surface area contributed by atoms with E-state index in [4.69, 9.17) is 9.15 Å². The van der Waals surface area contributed by atoms with E-state index in [0.29, 0.717) is 12.4 Å². The highest BCUT2D eigenvalue weighted by molar-refractivity contribution is 5.78. The molecule has 1 fully saturated rings. The van der Waals surface area contributed by atoms with Gasteiger partial charge in [-0.2, -0.15) is 0 Å². The van der Waals surface area contributed by atoms with Gasteiger partial charge in [0.2, 0.25) is 0 Å². The number of hydrogen-bond acceptors (Lipinski definition) is 3. The van der Waals surface area contributed by atoms with Crippen molar-refractivity contribution < 1.29 is 14.3 Å². The Bertz CT molecular complexity index is 593. The van der Waals surface area contributed by atoms with Gasteiger partial charge in [-0.3, -0.25) is 0 Å². The van der Waals surface area contributed by atoms with E-state index in [1.54, 1.807) is 0 Å². The fraction of sp³-hybridized carbons (Fsp3) is 0.529. The summed E-state index contributed by atoms with van der Waals surface area (Å²) in [6.45, 7) is 4.66. The monoisotopic (exact) mass is 274 g/mol. The molecular formula is C17H22O3. The smallest absolute Gasteiger partial charge is 0.140 e. The lowest BCUT2D eigenvalue weighted by Crippen LogP contribution is -2.36. The molecule has 1 saturated carbocycles. The molecule has 20 heavy (non-hydrogen) atoms. The zero-order valence-electron chi connectivity index (χ0n) is 12.2. The van der Waals surface area contributed by atoms with Gasteiger partial charge in [0.05, 0.1) is 0 Å². The molecule has 3 heteroatoms. The van der Waals surface area contributed by atoms with Gasteiger partial charge in [0, 0.05) is 12.0 Å². The van der Waals surface area contributed by atoms with Crippen LogP contribution in [-0.4, -0.2) is 17.3 Å². The predicted molar refractivity (Wildman–Crippen MR) is 78.7 cm³/mol. The lowest BCUT2D eigenvalue weighted by Gasteiger charge is -2.32. The van der Waals surface area contributed by atoms with Crippen LogP contribution in [0.15, 0.2) is 28.7 Å². The summed E-state index contributed by atoms with van der Waals surface area (Å²) in [5, 5.41) is 11.8. The average Bonchev–Trinajstić information content (AvgIpc) is 3.05. The van der Waals surface area contributed by atoms with Crippen LogP contribution in [0.1, 0.15) is 50.0 Å². The molecule has 1 aliphatic rings. The minimum Gasteiger partial charge on any atom is -0.458 e. The molecule has 1 atom stereocenters. The number of fused-ring (bicyclic) bond motifs is 1. The molecule has 2 aromatic rings. The number of aliphatic hydroxyl groups excluding tert-OH is 1.